The molecule has 0 radical (unpaired) electrons. The summed E-state index contributed by atoms with van der Waals surface area (Å²) in [5, 5.41) is 9.17. The van der Waals surface area contributed by atoms with Crippen molar-refractivity contribution in [2.75, 3.05) is 13.2 Å². The van der Waals surface area contributed by atoms with E-state index < -0.39 is 18.4 Å². The van der Waals surface area contributed by atoms with E-state index in [1.807, 2.05) is 0 Å². The number of carbonyl (C=O) groups is 1. The molecule has 3 rings (SSSR count). The number of halogens is 3. The van der Waals surface area contributed by atoms with Crippen molar-refractivity contribution < 1.29 is 46.4 Å². The molecule has 1 N–H and O–H groups in total. The van der Waals surface area contributed by atoms with Gasteiger partial charge in [0, 0.05) is 12.2 Å². The number of oxazole rings is 1. The fourth-order valence-electron chi connectivity index (χ4n) is 3.70. The lowest BCUT2D eigenvalue weighted by Gasteiger charge is -2.29. The van der Waals surface area contributed by atoms with Crippen LogP contribution in [0.25, 0.3) is 11.5 Å². The van der Waals surface area contributed by atoms with Crippen molar-refractivity contribution in [3.8, 4) is 17.2 Å². The zero-order valence-corrected chi connectivity index (χ0v) is 19.0. The van der Waals surface area contributed by atoms with E-state index in [4.69, 9.17) is 23.7 Å². The topological polar surface area (TPSA) is 100 Å². The van der Waals surface area contributed by atoms with Gasteiger partial charge in [-0.15, -0.1) is 13.2 Å². The van der Waals surface area contributed by atoms with E-state index in [0.29, 0.717) is 30.0 Å². The molecule has 1 saturated carbocycles. The summed E-state index contributed by atoms with van der Waals surface area (Å²) in [5.74, 6) is -0.552. The maximum atomic E-state index is 12.3. The highest BCUT2D eigenvalue weighted by molar-refractivity contribution is 5.72. The van der Waals surface area contributed by atoms with Gasteiger partial charge >= 0.3 is 12.3 Å². The van der Waals surface area contributed by atoms with Gasteiger partial charge in [-0.3, -0.25) is 0 Å². The van der Waals surface area contributed by atoms with Crippen LogP contribution in [0.1, 0.15) is 44.1 Å². The van der Waals surface area contributed by atoms with Gasteiger partial charge in [-0.2, -0.15) is 0 Å². The monoisotopic (exact) mass is 487 g/mol. The summed E-state index contributed by atoms with van der Waals surface area (Å²) in [5.41, 5.74) is 1.10. The smallest absolute Gasteiger partial charge is 0.479 e. The van der Waals surface area contributed by atoms with E-state index in [1.165, 1.54) is 24.3 Å². The fraction of sp³-hybridized carbons (Fsp3) is 0.565. The Kier molecular flexibility index (Phi) is 8.92. The molecule has 0 aliphatic heterocycles. The number of carboxylic acid groups (broad SMARTS) is 1. The van der Waals surface area contributed by atoms with Crippen molar-refractivity contribution in [1.82, 2.24) is 4.98 Å². The fourth-order valence-corrected chi connectivity index (χ4v) is 3.70. The molecule has 2 aromatic rings. The molecule has 0 spiro atoms. The van der Waals surface area contributed by atoms with E-state index >= 15 is 0 Å². The summed E-state index contributed by atoms with van der Waals surface area (Å²) in [6.45, 7) is 3.96. The molecule has 1 aliphatic rings. The van der Waals surface area contributed by atoms with Gasteiger partial charge in [-0.05, 0) is 63.8 Å². The second kappa shape index (κ2) is 11.7. The Morgan fingerprint density at radius 3 is 2.50 bits per heavy atom. The number of benzene rings is 1. The minimum Gasteiger partial charge on any atom is -0.479 e. The van der Waals surface area contributed by atoms with Crippen molar-refractivity contribution in [3.63, 3.8) is 0 Å². The minimum absolute atomic E-state index is 0.0148. The number of aryl methyl sites for hydroxylation is 1. The van der Waals surface area contributed by atoms with E-state index in [2.05, 4.69) is 9.72 Å². The SMILES string of the molecule is CCOC(CO[C@@H]1CCC[C@H](OCc2nc(-c3ccc(OC(F)(F)F)cc3)oc2C)C1)C(=O)O. The molecule has 11 heteroatoms. The number of hydrogen-bond acceptors (Lipinski definition) is 7. The molecule has 3 atom stereocenters. The van der Waals surface area contributed by atoms with Crippen molar-refractivity contribution in [2.45, 2.75) is 70.8 Å². The van der Waals surface area contributed by atoms with Gasteiger partial charge in [0.1, 0.15) is 17.2 Å². The molecular formula is C23H28F3NO7. The maximum absolute atomic E-state index is 12.3. The molecule has 0 bridgehead atoms. The Morgan fingerprint density at radius 2 is 1.88 bits per heavy atom. The number of aromatic nitrogens is 1. The third kappa shape index (κ3) is 7.71. The van der Waals surface area contributed by atoms with Crippen LogP contribution in [0, 0.1) is 6.92 Å². The van der Waals surface area contributed by atoms with Gasteiger partial charge in [0.25, 0.3) is 0 Å². The Balaban J connectivity index is 1.52. The molecule has 1 fully saturated rings. The van der Waals surface area contributed by atoms with Gasteiger partial charge in [-0.1, -0.05) is 0 Å². The highest BCUT2D eigenvalue weighted by Crippen LogP contribution is 2.29. The van der Waals surface area contributed by atoms with Crippen LogP contribution < -0.4 is 4.74 Å². The summed E-state index contributed by atoms with van der Waals surface area (Å²) in [7, 11) is 0. The van der Waals surface area contributed by atoms with E-state index in [9.17, 15) is 18.0 Å². The van der Waals surface area contributed by atoms with Crippen molar-refractivity contribution in [2.24, 2.45) is 0 Å². The first-order valence-corrected chi connectivity index (χ1v) is 11.0. The van der Waals surface area contributed by atoms with Gasteiger partial charge in [0.2, 0.25) is 5.89 Å². The van der Waals surface area contributed by atoms with E-state index in [-0.39, 0.29) is 37.1 Å². The zero-order chi connectivity index (χ0) is 24.7. The second-order valence-electron chi connectivity index (χ2n) is 7.93. The average molecular weight is 487 g/mol. The minimum atomic E-state index is -4.75. The Labute approximate surface area is 195 Å². The van der Waals surface area contributed by atoms with Gasteiger partial charge in [0.05, 0.1) is 25.4 Å². The first-order valence-electron chi connectivity index (χ1n) is 11.0. The van der Waals surface area contributed by atoms with Crippen LogP contribution in [-0.4, -0.2) is 53.9 Å². The molecule has 1 aromatic heterocycles. The van der Waals surface area contributed by atoms with Crippen molar-refractivity contribution >= 4 is 5.97 Å². The largest absolute Gasteiger partial charge is 0.573 e. The summed E-state index contributed by atoms with van der Waals surface area (Å²) >= 11 is 0. The second-order valence-corrected chi connectivity index (χ2v) is 7.93. The third-order valence-electron chi connectivity index (χ3n) is 5.39. The quantitative estimate of drug-likeness (QED) is 0.479. The molecule has 188 valence electrons. The molecule has 0 saturated heterocycles. The molecule has 8 nitrogen and oxygen atoms in total. The van der Waals surface area contributed by atoms with Crippen LogP contribution >= 0.6 is 0 Å². The van der Waals surface area contributed by atoms with Crippen LogP contribution in [0.3, 0.4) is 0 Å². The molecule has 34 heavy (non-hydrogen) atoms. The Bertz CT molecular complexity index is 930. The molecular weight excluding hydrogens is 459 g/mol. The highest BCUT2D eigenvalue weighted by Gasteiger charge is 2.31. The van der Waals surface area contributed by atoms with Crippen LogP contribution in [0.15, 0.2) is 28.7 Å². The number of hydrogen-bond donors (Lipinski definition) is 1. The predicted octanol–water partition coefficient (Wildman–Crippen LogP) is 4.88. The molecule has 1 aliphatic carbocycles. The van der Waals surface area contributed by atoms with Crippen LogP contribution in [0.2, 0.25) is 0 Å². The van der Waals surface area contributed by atoms with Crippen molar-refractivity contribution in [1.29, 1.82) is 0 Å². The molecule has 1 aromatic carbocycles. The number of ether oxygens (including phenoxy) is 4. The molecule has 1 heterocycles. The summed E-state index contributed by atoms with van der Waals surface area (Å²) in [4.78, 5) is 15.6. The summed E-state index contributed by atoms with van der Waals surface area (Å²) in [6.07, 6.45) is -2.76. The van der Waals surface area contributed by atoms with Crippen LogP contribution in [-0.2, 0) is 25.6 Å². The lowest BCUT2D eigenvalue weighted by Crippen LogP contribution is -2.34. The number of alkyl halides is 3. The number of carboxylic acids is 1. The van der Waals surface area contributed by atoms with Gasteiger partial charge < -0.3 is 28.5 Å². The molecule has 1 unspecified atom stereocenters. The zero-order valence-electron chi connectivity index (χ0n) is 19.0. The van der Waals surface area contributed by atoms with Crippen LogP contribution in [0.5, 0.6) is 5.75 Å². The standard InChI is InChI=1S/C23H28F3NO7/c1-3-30-20(22(28)29)13-32-18-6-4-5-17(11-18)31-12-19-14(2)33-21(27-19)15-7-9-16(10-8-15)34-23(24,25)26/h7-10,17-18,20H,3-6,11-13H2,1-2H3,(H,28,29)/t17-,18+,20?/m0/s1. The van der Waals surface area contributed by atoms with E-state index in [1.54, 1.807) is 13.8 Å². The van der Waals surface area contributed by atoms with Crippen LogP contribution in [0.4, 0.5) is 13.2 Å². The lowest BCUT2D eigenvalue weighted by atomic mass is 9.95. The van der Waals surface area contributed by atoms with Gasteiger partial charge in [-0.25, -0.2) is 9.78 Å². The summed E-state index contributed by atoms with van der Waals surface area (Å²) in [6, 6.07) is 5.27. The van der Waals surface area contributed by atoms with Crippen molar-refractivity contribution in [3.05, 3.63) is 35.7 Å². The lowest BCUT2D eigenvalue weighted by molar-refractivity contribution is -0.274. The molecule has 0 amide bonds. The predicted molar refractivity (Wildman–Crippen MR) is 113 cm³/mol. The number of rotatable bonds is 11. The first kappa shape index (κ1) is 26.0. The third-order valence-corrected chi connectivity index (χ3v) is 5.39. The van der Waals surface area contributed by atoms with Gasteiger partial charge in [0.15, 0.2) is 6.10 Å². The highest BCUT2D eigenvalue weighted by atomic mass is 19.4. The van der Waals surface area contributed by atoms with E-state index in [0.717, 1.165) is 19.3 Å². The Hall–Kier alpha value is -2.63. The Morgan fingerprint density at radius 1 is 1.21 bits per heavy atom. The number of aliphatic carboxylic acids is 1. The normalized spacial score (nSPS) is 19.7. The maximum Gasteiger partial charge on any atom is 0.573 e. The first-order chi connectivity index (χ1) is 16.1. The summed E-state index contributed by atoms with van der Waals surface area (Å²) < 4.78 is 63.5. The average Bonchev–Trinajstić information content (AvgIpc) is 3.15. The number of nitrogens with zero attached hydrogens (tertiary/aromatic N) is 1.